The molecule has 3 heterocycles. The van der Waals surface area contributed by atoms with E-state index >= 15 is 0 Å². The zero-order valence-electron chi connectivity index (χ0n) is 15.8. The molecule has 4 rings (SSSR count). The minimum Gasteiger partial charge on any atom is -0.465 e. The number of hydrogen-bond acceptors (Lipinski definition) is 5. The van der Waals surface area contributed by atoms with Crippen LogP contribution in [0.1, 0.15) is 48.1 Å². The summed E-state index contributed by atoms with van der Waals surface area (Å²) < 4.78 is 5.24. The molecule has 1 aliphatic heterocycles. The summed E-state index contributed by atoms with van der Waals surface area (Å²) in [5.41, 5.74) is 1.03. The number of carbonyl (C=O) groups is 2. The van der Waals surface area contributed by atoms with Crippen LogP contribution in [0, 0.1) is 5.92 Å². The zero-order chi connectivity index (χ0) is 19.3. The van der Waals surface area contributed by atoms with E-state index in [9.17, 15) is 9.59 Å². The second-order valence-electron chi connectivity index (χ2n) is 7.46. The lowest BCUT2D eigenvalue weighted by atomic mass is 9.98. The van der Waals surface area contributed by atoms with Gasteiger partial charge in [0.05, 0.1) is 17.0 Å². The lowest BCUT2D eigenvalue weighted by molar-refractivity contribution is -0.127. The predicted octanol–water partition coefficient (Wildman–Crippen LogP) is 3.22. The Labute approximate surface area is 168 Å². The lowest BCUT2D eigenvalue weighted by Gasteiger charge is -2.31. The van der Waals surface area contributed by atoms with Crippen LogP contribution in [0.4, 0.5) is 0 Å². The van der Waals surface area contributed by atoms with Crippen molar-refractivity contribution in [2.45, 2.75) is 38.0 Å². The molecule has 1 saturated carbocycles. The first-order valence-corrected chi connectivity index (χ1v) is 10.8. The summed E-state index contributed by atoms with van der Waals surface area (Å²) in [5.74, 6) is 1.41. The van der Waals surface area contributed by atoms with Gasteiger partial charge >= 0.3 is 0 Å². The fourth-order valence-corrected chi connectivity index (χ4v) is 4.43. The third-order valence-electron chi connectivity index (χ3n) is 5.21. The van der Waals surface area contributed by atoms with Crippen LogP contribution in [0.2, 0.25) is 0 Å². The SMILES string of the molecule is O=C(NCCc1csc(C2CCCN(C(=O)/C=C/c3ccco3)C2)n1)C1CC1. The maximum atomic E-state index is 12.5. The van der Waals surface area contributed by atoms with Gasteiger partial charge in [-0.2, -0.15) is 0 Å². The molecule has 28 heavy (non-hydrogen) atoms. The Morgan fingerprint density at radius 1 is 1.36 bits per heavy atom. The largest absolute Gasteiger partial charge is 0.465 e. The molecule has 1 atom stereocenters. The Bertz CT molecular complexity index is 839. The number of rotatable bonds is 7. The summed E-state index contributed by atoms with van der Waals surface area (Å²) >= 11 is 1.66. The summed E-state index contributed by atoms with van der Waals surface area (Å²) in [5, 5.41) is 6.16. The van der Waals surface area contributed by atoms with Gasteiger partial charge in [0.25, 0.3) is 0 Å². The zero-order valence-corrected chi connectivity index (χ0v) is 16.6. The van der Waals surface area contributed by atoms with E-state index in [2.05, 4.69) is 10.7 Å². The molecule has 1 N–H and O–H groups in total. The molecule has 1 aliphatic carbocycles. The highest BCUT2D eigenvalue weighted by molar-refractivity contribution is 7.09. The van der Waals surface area contributed by atoms with Gasteiger partial charge in [-0.25, -0.2) is 4.98 Å². The van der Waals surface area contributed by atoms with Crippen molar-refractivity contribution < 1.29 is 14.0 Å². The molecular weight excluding hydrogens is 374 g/mol. The highest BCUT2D eigenvalue weighted by Crippen LogP contribution is 2.30. The number of furan rings is 1. The number of nitrogens with one attached hydrogen (secondary N) is 1. The van der Waals surface area contributed by atoms with E-state index in [1.165, 1.54) is 0 Å². The molecular formula is C21H25N3O3S. The van der Waals surface area contributed by atoms with Crippen LogP contribution in [-0.2, 0) is 16.0 Å². The number of aromatic nitrogens is 1. The van der Waals surface area contributed by atoms with Gasteiger partial charge in [-0.15, -0.1) is 11.3 Å². The molecule has 7 heteroatoms. The molecule has 6 nitrogen and oxygen atoms in total. The maximum absolute atomic E-state index is 12.5. The van der Waals surface area contributed by atoms with E-state index in [0.717, 1.165) is 49.4 Å². The average molecular weight is 400 g/mol. The number of thiazole rings is 1. The van der Waals surface area contributed by atoms with E-state index in [1.54, 1.807) is 35.8 Å². The molecule has 2 aromatic heterocycles. The number of piperidine rings is 1. The van der Waals surface area contributed by atoms with Gasteiger partial charge in [-0.1, -0.05) is 0 Å². The van der Waals surface area contributed by atoms with Crippen molar-refractivity contribution in [3.8, 4) is 0 Å². The smallest absolute Gasteiger partial charge is 0.246 e. The first-order valence-electron chi connectivity index (χ1n) is 9.91. The molecule has 2 aliphatic rings. The van der Waals surface area contributed by atoms with E-state index in [0.29, 0.717) is 18.8 Å². The van der Waals surface area contributed by atoms with Crippen molar-refractivity contribution in [3.63, 3.8) is 0 Å². The highest BCUT2D eigenvalue weighted by Gasteiger charge is 2.29. The molecule has 2 fully saturated rings. The number of amides is 2. The molecule has 1 unspecified atom stereocenters. The molecule has 0 radical (unpaired) electrons. The second kappa shape index (κ2) is 8.73. The van der Waals surface area contributed by atoms with Crippen molar-refractivity contribution in [3.05, 3.63) is 46.3 Å². The second-order valence-corrected chi connectivity index (χ2v) is 8.35. The fraction of sp³-hybridized carbons (Fsp3) is 0.476. The monoisotopic (exact) mass is 399 g/mol. The highest BCUT2D eigenvalue weighted by atomic mass is 32.1. The Kier molecular flexibility index (Phi) is 5.90. The van der Waals surface area contributed by atoms with E-state index in [1.807, 2.05) is 11.0 Å². The van der Waals surface area contributed by atoms with Crippen molar-refractivity contribution in [1.82, 2.24) is 15.2 Å². The number of nitrogens with zero attached hydrogens (tertiary/aromatic N) is 2. The number of carbonyl (C=O) groups excluding carboxylic acids is 2. The van der Waals surface area contributed by atoms with Gasteiger partial charge in [0, 0.05) is 49.3 Å². The van der Waals surface area contributed by atoms with Crippen molar-refractivity contribution in [2.75, 3.05) is 19.6 Å². The molecule has 148 valence electrons. The van der Waals surface area contributed by atoms with E-state index in [-0.39, 0.29) is 23.7 Å². The van der Waals surface area contributed by atoms with Crippen molar-refractivity contribution >= 4 is 29.2 Å². The lowest BCUT2D eigenvalue weighted by Crippen LogP contribution is -2.38. The first-order chi connectivity index (χ1) is 13.7. The molecule has 0 spiro atoms. The van der Waals surface area contributed by atoms with Crippen LogP contribution >= 0.6 is 11.3 Å². The van der Waals surface area contributed by atoms with Crippen LogP contribution in [0.3, 0.4) is 0 Å². The van der Waals surface area contributed by atoms with Gasteiger partial charge in [-0.3, -0.25) is 9.59 Å². The molecule has 2 aromatic rings. The average Bonchev–Trinajstić information content (AvgIpc) is 3.24. The van der Waals surface area contributed by atoms with Gasteiger partial charge in [-0.05, 0) is 43.9 Å². The molecule has 2 amide bonds. The fourth-order valence-electron chi connectivity index (χ4n) is 3.45. The summed E-state index contributed by atoms with van der Waals surface area (Å²) in [6.07, 6.45) is 9.74. The van der Waals surface area contributed by atoms with Gasteiger partial charge in [0.15, 0.2) is 0 Å². The van der Waals surface area contributed by atoms with Crippen molar-refractivity contribution in [1.29, 1.82) is 0 Å². The summed E-state index contributed by atoms with van der Waals surface area (Å²) in [6.45, 7) is 2.13. The quantitative estimate of drug-likeness (QED) is 0.726. The van der Waals surface area contributed by atoms with Crippen LogP contribution < -0.4 is 5.32 Å². The Balaban J connectivity index is 1.28. The van der Waals surface area contributed by atoms with Gasteiger partial charge in [0.1, 0.15) is 5.76 Å². The Morgan fingerprint density at radius 2 is 2.25 bits per heavy atom. The minimum atomic E-state index is 0.0145. The summed E-state index contributed by atoms with van der Waals surface area (Å²) in [6, 6.07) is 3.63. The van der Waals surface area contributed by atoms with Gasteiger partial charge in [0.2, 0.25) is 11.8 Å². The summed E-state index contributed by atoms with van der Waals surface area (Å²) in [7, 11) is 0. The third-order valence-corrected chi connectivity index (χ3v) is 6.27. The van der Waals surface area contributed by atoms with Crippen LogP contribution in [0.15, 0.2) is 34.3 Å². The number of hydrogen-bond donors (Lipinski definition) is 1. The summed E-state index contributed by atoms with van der Waals surface area (Å²) in [4.78, 5) is 30.8. The van der Waals surface area contributed by atoms with E-state index in [4.69, 9.17) is 9.40 Å². The van der Waals surface area contributed by atoms with E-state index < -0.39 is 0 Å². The third kappa shape index (κ3) is 4.90. The van der Waals surface area contributed by atoms with Crippen LogP contribution in [0.5, 0.6) is 0 Å². The van der Waals surface area contributed by atoms with Gasteiger partial charge < -0.3 is 14.6 Å². The van der Waals surface area contributed by atoms with Crippen molar-refractivity contribution in [2.24, 2.45) is 5.92 Å². The van der Waals surface area contributed by atoms with Crippen LogP contribution in [0.25, 0.3) is 6.08 Å². The standard InChI is InChI=1S/C21H25N3O3S/c25-19(8-7-18-4-2-12-27-18)24-11-1-3-16(13-24)21-23-17(14-28-21)9-10-22-20(26)15-5-6-15/h2,4,7-8,12,14-16H,1,3,5-6,9-11,13H2,(H,22,26)/b8-7+. The molecule has 1 saturated heterocycles. The topological polar surface area (TPSA) is 75.4 Å². The normalized spacial score (nSPS) is 19.9. The molecule has 0 bridgehead atoms. The predicted molar refractivity (Wildman–Crippen MR) is 108 cm³/mol. The molecule has 0 aromatic carbocycles. The first kappa shape index (κ1) is 18.9. The minimum absolute atomic E-state index is 0.0145. The maximum Gasteiger partial charge on any atom is 0.246 e. The van der Waals surface area contributed by atoms with Crippen LogP contribution in [-0.4, -0.2) is 41.3 Å². The number of likely N-dealkylation sites (tertiary alicyclic amines) is 1. The Hall–Kier alpha value is -2.41. The Morgan fingerprint density at radius 3 is 3.04 bits per heavy atom.